The number of benzene rings is 2. The molecule has 3 aromatic rings. The highest BCUT2D eigenvalue weighted by molar-refractivity contribution is 6.05. The molecule has 0 aliphatic heterocycles. The third-order valence-electron chi connectivity index (χ3n) is 4.61. The molecule has 0 unspecified atom stereocenters. The van der Waals surface area contributed by atoms with E-state index >= 15 is 0 Å². The number of hydrogen-bond acceptors (Lipinski definition) is 4. The third kappa shape index (κ3) is 2.79. The molecule has 130 valence electrons. The summed E-state index contributed by atoms with van der Waals surface area (Å²) in [6, 6.07) is 15.2. The first kappa shape index (κ1) is 16.2. The molecule has 0 fully saturated rings. The van der Waals surface area contributed by atoms with Gasteiger partial charge in [-0.3, -0.25) is 9.59 Å². The van der Waals surface area contributed by atoms with Crippen molar-refractivity contribution in [3.63, 3.8) is 0 Å². The van der Waals surface area contributed by atoms with Crippen molar-refractivity contribution in [1.29, 1.82) is 0 Å². The lowest BCUT2D eigenvalue weighted by atomic mass is 10.1. The molecule has 1 N–H and O–H groups in total. The lowest BCUT2D eigenvalue weighted by Crippen LogP contribution is -2.29. The summed E-state index contributed by atoms with van der Waals surface area (Å²) >= 11 is 0. The van der Waals surface area contributed by atoms with Gasteiger partial charge in [0.05, 0.1) is 5.39 Å². The van der Waals surface area contributed by atoms with Gasteiger partial charge >= 0.3 is 0 Å². The number of aryl methyl sites for hydroxylation is 1. The molecule has 2 aromatic carbocycles. The van der Waals surface area contributed by atoms with E-state index in [-0.39, 0.29) is 11.3 Å². The van der Waals surface area contributed by atoms with Crippen LogP contribution in [0.4, 0.5) is 0 Å². The molecule has 1 heterocycles. The molecule has 1 amide bonds. The number of nitrogens with zero attached hydrogens (tertiary/aromatic N) is 3. The Bertz CT molecular complexity index is 1070. The molecule has 4 rings (SSSR count). The number of fused-ring (bicyclic) bond motifs is 2. The summed E-state index contributed by atoms with van der Waals surface area (Å²) in [7, 11) is 0. The minimum atomic E-state index is -0.410. The SMILES string of the molecule is CCn1nc(C(=O)NN=C2Cc3ccccc3C2)c2ccccc2c1=O. The second kappa shape index (κ2) is 6.55. The fourth-order valence-corrected chi connectivity index (χ4v) is 3.28. The molecule has 1 aliphatic carbocycles. The van der Waals surface area contributed by atoms with Crippen molar-refractivity contribution in [2.24, 2.45) is 5.10 Å². The van der Waals surface area contributed by atoms with Crippen LogP contribution in [0.25, 0.3) is 10.8 Å². The molecular formula is C20H18N4O2. The summed E-state index contributed by atoms with van der Waals surface area (Å²) in [4.78, 5) is 25.0. The van der Waals surface area contributed by atoms with Crippen LogP contribution in [0.5, 0.6) is 0 Å². The van der Waals surface area contributed by atoms with Gasteiger partial charge in [-0.05, 0) is 24.1 Å². The maximum absolute atomic E-state index is 12.7. The van der Waals surface area contributed by atoms with Crippen molar-refractivity contribution in [3.05, 3.63) is 75.7 Å². The molecule has 6 nitrogen and oxygen atoms in total. The lowest BCUT2D eigenvalue weighted by molar-refractivity contribution is 0.0949. The van der Waals surface area contributed by atoms with Crippen LogP contribution in [0.2, 0.25) is 0 Å². The molecule has 0 bridgehead atoms. The van der Waals surface area contributed by atoms with Gasteiger partial charge in [-0.25, -0.2) is 10.1 Å². The normalized spacial score (nSPS) is 12.9. The van der Waals surface area contributed by atoms with E-state index in [4.69, 9.17) is 0 Å². The van der Waals surface area contributed by atoms with E-state index in [9.17, 15) is 9.59 Å². The molecule has 6 heteroatoms. The highest BCUT2D eigenvalue weighted by Gasteiger charge is 2.18. The number of aromatic nitrogens is 2. The maximum Gasteiger partial charge on any atom is 0.292 e. The third-order valence-corrected chi connectivity index (χ3v) is 4.61. The molecule has 0 saturated heterocycles. The van der Waals surface area contributed by atoms with Crippen molar-refractivity contribution in [3.8, 4) is 0 Å². The number of carbonyl (C=O) groups excluding carboxylic acids is 1. The maximum atomic E-state index is 12.7. The lowest BCUT2D eigenvalue weighted by Gasteiger charge is -2.08. The predicted octanol–water partition coefficient (Wildman–Crippen LogP) is 2.30. The second-order valence-corrected chi connectivity index (χ2v) is 6.26. The van der Waals surface area contributed by atoms with Crippen LogP contribution in [0.1, 0.15) is 28.5 Å². The van der Waals surface area contributed by atoms with E-state index in [1.165, 1.54) is 15.8 Å². The van der Waals surface area contributed by atoms with Crippen LogP contribution < -0.4 is 11.0 Å². The zero-order chi connectivity index (χ0) is 18.1. The number of carbonyl (C=O) groups is 1. The van der Waals surface area contributed by atoms with Gasteiger partial charge in [0, 0.05) is 30.5 Å². The van der Waals surface area contributed by atoms with Gasteiger partial charge in [-0.15, -0.1) is 0 Å². The van der Waals surface area contributed by atoms with Crippen molar-refractivity contribution < 1.29 is 4.79 Å². The Morgan fingerprint density at radius 3 is 2.35 bits per heavy atom. The number of amides is 1. The van der Waals surface area contributed by atoms with Crippen LogP contribution in [0.15, 0.2) is 58.4 Å². The first-order valence-corrected chi connectivity index (χ1v) is 8.59. The highest BCUT2D eigenvalue weighted by Crippen LogP contribution is 2.19. The number of nitrogens with one attached hydrogen (secondary N) is 1. The van der Waals surface area contributed by atoms with E-state index in [1.54, 1.807) is 24.3 Å². The van der Waals surface area contributed by atoms with E-state index in [0.717, 1.165) is 18.6 Å². The quantitative estimate of drug-likeness (QED) is 0.739. The highest BCUT2D eigenvalue weighted by atomic mass is 16.2. The van der Waals surface area contributed by atoms with Crippen LogP contribution in [0, 0.1) is 0 Å². The fourth-order valence-electron chi connectivity index (χ4n) is 3.28. The average molecular weight is 346 g/mol. The Hall–Kier alpha value is -3.28. The van der Waals surface area contributed by atoms with Crippen molar-refractivity contribution in [1.82, 2.24) is 15.2 Å². The largest absolute Gasteiger partial charge is 0.292 e. The van der Waals surface area contributed by atoms with E-state index in [2.05, 4.69) is 27.8 Å². The zero-order valence-electron chi connectivity index (χ0n) is 14.4. The van der Waals surface area contributed by atoms with E-state index in [1.807, 2.05) is 19.1 Å². The molecule has 1 aromatic heterocycles. The van der Waals surface area contributed by atoms with Crippen LogP contribution >= 0.6 is 0 Å². The molecular weight excluding hydrogens is 328 g/mol. The van der Waals surface area contributed by atoms with Gasteiger partial charge in [0.1, 0.15) is 0 Å². The van der Waals surface area contributed by atoms with Gasteiger partial charge in [0.2, 0.25) is 0 Å². The fraction of sp³-hybridized carbons (Fsp3) is 0.200. The van der Waals surface area contributed by atoms with Gasteiger partial charge in [0.25, 0.3) is 11.5 Å². The molecule has 0 radical (unpaired) electrons. The molecule has 1 aliphatic rings. The zero-order valence-corrected chi connectivity index (χ0v) is 14.4. The Morgan fingerprint density at radius 1 is 1.08 bits per heavy atom. The second-order valence-electron chi connectivity index (χ2n) is 6.26. The number of hydrogen-bond donors (Lipinski definition) is 1. The van der Waals surface area contributed by atoms with Gasteiger partial charge in [0.15, 0.2) is 5.69 Å². The van der Waals surface area contributed by atoms with Crippen LogP contribution in [0.3, 0.4) is 0 Å². The first-order valence-electron chi connectivity index (χ1n) is 8.59. The summed E-state index contributed by atoms with van der Waals surface area (Å²) in [6.07, 6.45) is 1.47. The summed E-state index contributed by atoms with van der Waals surface area (Å²) in [5.41, 5.74) is 6.01. The van der Waals surface area contributed by atoms with E-state index < -0.39 is 5.91 Å². The van der Waals surface area contributed by atoms with Crippen molar-refractivity contribution in [2.45, 2.75) is 26.3 Å². The number of hydrazone groups is 1. The summed E-state index contributed by atoms with van der Waals surface area (Å²) in [5, 5.41) is 9.53. The van der Waals surface area contributed by atoms with Gasteiger partial charge in [-0.2, -0.15) is 10.2 Å². The monoisotopic (exact) mass is 346 g/mol. The Balaban J connectivity index is 1.64. The van der Waals surface area contributed by atoms with Gasteiger partial charge < -0.3 is 0 Å². The molecule has 0 spiro atoms. The average Bonchev–Trinajstić information content (AvgIpc) is 3.09. The minimum absolute atomic E-state index is 0.197. The first-order chi connectivity index (χ1) is 12.7. The summed E-state index contributed by atoms with van der Waals surface area (Å²) in [5.74, 6) is -0.410. The van der Waals surface area contributed by atoms with Crippen LogP contribution in [-0.2, 0) is 19.4 Å². The van der Waals surface area contributed by atoms with Gasteiger partial charge in [-0.1, -0.05) is 42.5 Å². The Morgan fingerprint density at radius 2 is 1.69 bits per heavy atom. The summed E-state index contributed by atoms with van der Waals surface area (Å²) < 4.78 is 1.30. The minimum Gasteiger partial charge on any atom is -0.267 e. The molecule has 0 saturated carbocycles. The van der Waals surface area contributed by atoms with E-state index in [0.29, 0.717) is 17.3 Å². The summed E-state index contributed by atoms with van der Waals surface area (Å²) in [6.45, 7) is 2.22. The molecule has 26 heavy (non-hydrogen) atoms. The Labute approximate surface area is 150 Å². The van der Waals surface area contributed by atoms with Crippen molar-refractivity contribution in [2.75, 3.05) is 0 Å². The van der Waals surface area contributed by atoms with Crippen LogP contribution in [-0.4, -0.2) is 21.4 Å². The number of rotatable bonds is 3. The topological polar surface area (TPSA) is 76.3 Å². The molecule has 0 atom stereocenters. The Kier molecular flexibility index (Phi) is 4.08. The van der Waals surface area contributed by atoms with Crippen molar-refractivity contribution >= 4 is 22.4 Å². The smallest absolute Gasteiger partial charge is 0.267 e. The standard InChI is InChI=1S/C20H18N4O2/c1-2-24-20(26)17-10-6-5-9-16(17)18(23-24)19(25)22-21-15-11-13-7-3-4-8-14(13)12-15/h3-10H,2,11-12H2,1H3,(H,22,25). The predicted molar refractivity (Wildman–Crippen MR) is 100 cm³/mol.